The first kappa shape index (κ1) is 18.8. The lowest BCUT2D eigenvalue weighted by molar-refractivity contribution is 0.982. The molecule has 0 atom stereocenters. The first-order valence-corrected chi connectivity index (χ1v) is 13.0. The molecule has 0 saturated heterocycles. The summed E-state index contributed by atoms with van der Waals surface area (Å²) in [5.41, 5.74) is 3.61. The number of pyridine rings is 1. The van der Waals surface area contributed by atoms with E-state index in [9.17, 15) is 0 Å². The molecule has 3 aromatic rings. The minimum atomic E-state index is -1.52. The normalized spacial score (nSPS) is 13.7. The second-order valence-corrected chi connectivity index (χ2v) is 12.7. The highest BCUT2D eigenvalue weighted by Crippen LogP contribution is 2.42. The van der Waals surface area contributed by atoms with Crippen molar-refractivity contribution in [3.05, 3.63) is 72.8 Å². The van der Waals surface area contributed by atoms with Crippen LogP contribution in [-0.4, -0.2) is 19.7 Å². The van der Waals surface area contributed by atoms with Crippen molar-refractivity contribution in [3.63, 3.8) is 0 Å². The highest BCUT2D eigenvalue weighted by Gasteiger charge is 2.35. The Bertz CT molecular complexity index is 915. The molecule has 4 rings (SSSR count). The molecule has 0 aliphatic carbocycles. The summed E-state index contributed by atoms with van der Waals surface area (Å²) >= 11 is 0. The van der Waals surface area contributed by atoms with Crippen LogP contribution in [0.15, 0.2) is 72.8 Å². The van der Waals surface area contributed by atoms with Crippen LogP contribution in [-0.2, 0) is 0 Å². The molecule has 2 heterocycles. The zero-order chi connectivity index (χ0) is 19.6. The molecule has 0 amide bonds. The van der Waals surface area contributed by atoms with Gasteiger partial charge in [0.2, 0.25) is 0 Å². The molecule has 1 aliphatic heterocycles. The van der Waals surface area contributed by atoms with Gasteiger partial charge in [0.05, 0.1) is 5.69 Å². The topological polar surface area (TPSA) is 19.4 Å². The van der Waals surface area contributed by atoms with Crippen molar-refractivity contribution >= 4 is 36.3 Å². The minimum absolute atomic E-state index is 0.790. The number of hydrogen-bond acceptors (Lipinski definition) is 3. The summed E-state index contributed by atoms with van der Waals surface area (Å²) in [5, 5.41) is 1.36. The van der Waals surface area contributed by atoms with Crippen LogP contribution in [0.2, 0.25) is 18.1 Å². The van der Waals surface area contributed by atoms with E-state index in [1.807, 2.05) is 0 Å². The number of para-hydroxylation sites is 2. The number of anilines is 4. The summed E-state index contributed by atoms with van der Waals surface area (Å²) in [6.45, 7) is 7.83. The van der Waals surface area contributed by atoms with E-state index in [1.165, 1.54) is 40.5 Å². The number of fused-ring (bicyclic) bond motifs is 1. The Labute approximate surface area is 169 Å². The van der Waals surface area contributed by atoms with E-state index in [4.69, 9.17) is 4.98 Å². The molecule has 1 aromatic heterocycles. The van der Waals surface area contributed by atoms with Gasteiger partial charge in [-0.1, -0.05) is 75.3 Å². The zero-order valence-corrected chi connectivity index (χ0v) is 18.1. The predicted octanol–water partition coefficient (Wildman–Crippen LogP) is 6.04. The van der Waals surface area contributed by atoms with Crippen molar-refractivity contribution < 1.29 is 0 Å². The summed E-state index contributed by atoms with van der Waals surface area (Å²) in [4.78, 5) is 10.0. The Morgan fingerprint density at radius 1 is 0.714 bits per heavy atom. The van der Waals surface area contributed by atoms with Gasteiger partial charge >= 0.3 is 0 Å². The number of aromatic nitrogens is 1. The molecule has 0 saturated carbocycles. The second-order valence-electron chi connectivity index (χ2n) is 7.55. The maximum absolute atomic E-state index is 5.32. The van der Waals surface area contributed by atoms with Gasteiger partial charge < -0.3 is 9.80 Å². The monoisotopic (exact) mass is 387 g/mol. The highest BCUT2D eigenvalue weighted by molar-refractivity contribution is 6.91. The van der Waals surface area contributed by atoms with E-state index in [0.717, 1.165) is 12.5 Å². The van der Waals surface area contributed by atoms with Crippen molar-refractivity contribution in [1.29, 1.82) is 0 Å². The fourth-order valence-corrected chi connectivity index (χ4v) is 7.73. The lowest BCUT2D eigenvalue weighted by Gasteiger charge is -2.28. The molecule has 0 unspecified atom stereocenters. The van der Waals surface area contributed by atoms with E-state index >= 15 is 0 Å². The van der Waals surface area contributed by atoms with Gasteiger partial charge in [0.15, 0.2) is 5.82 Å². The minimum Gasteiger partial charge on any atom is -0.320 e. The summed E-state index contributed by atoms with van der Waals surface area (Å²) in [5.74, 6) is 1.10. The summed E-state index contributed by atoms with van der Waals surface area (Å²) < 4.78 is 0. The number of nitrogens with zero attached hydrogens (tertiary/aromatic N) is 3. The van der Waals surface area contributed by atoms with Gasteiger partial charge in [0, 0.05) is 16.7 Å². The average Bonchev–Trinajstić information content (AvgIpc) is 3.16. The molecule has 144 valence electrons. The van der Waals surface area contributed by atoms with Gasteiger partial charge in [0.1, 0.15) is 14.7 Å². The molecule has 0 radical (unpaired) electrons. The van der Waals surface area contributed by atoms with E-state index in [2.05, 4.69) is 103 Å². The van der Waals surface area contributed by atoms with Crippen LogP contribution in [0.4, 0.5) is 22.9 Å². The van der Waals surface area contributed by atoms with Gasteiger partial charge in [-0.05, 0) is 36.4 Å². The third-order valence-electron chi connectivity index (χ3n) is 6.39. The van der Waals surface area contributed by atoms with Gasteiger partial charge in [-0.2, -0.15) is 0 Å². The fraction of sp³-hybridized carbons (Fsp3) is 0.292. The fourth-order valence-electron chi connectivity index (χ4n) is 4.36. The van der Waals surface area contributed by atoms with Crippen LogP contribution in [0.1, 0.15) is 20.8 Å². The third-order valence-corrected chi connectivity index (χ3v) is 11.8. The van der Waals surface area contributed by atoms with E-state index < -0.39 is 8.07 Å². The maximum atomic E-state index is 5.32. The average molecular weight is 388 g/mol. The first-order chi connectivity index (χ1) is 13.7. The van der Waals surface area contributed by atoms with Crippen molar-refractivity contribution in [2.75, 3.05) is 16.5 Å². The van der Waals surface area contributed by atoms with Gasteiger partial charge in [-0.25, -0.2) is 4.98 Å². The molecule has 4 heteroatoms. The van der Waals surface area contributed by atoms with Gasteiger partial charge in [-0.15, -0.1) is 0 Å². The zero-order valence-electron chi connectivity index (χ0n) is 17.1. The molecule has 0 N–H and O–H groups in total. The van der Waals surface area contributed by atoms with Gasteiger partial charge in [-0.3, -0.25) is 0 Å². The van der Waals surface area contributed by atoms with E-state index in [1.54, 1.807) is 0 Å². The van der Waals surface area contributed by atoms with E-state index in [0.29, 0.717) is 0 Å². The second kappa shape index (κ2) is 7.80. The summed E-state index contributed by atoms with van der Waals surface area (Å²) in [6, 6.07) is 29.6. The van der Waals surface area contributed by atoms with Gasteiger partial charge in [0.25, 0.3) is 0 Å². The molecule has 0 spiro atoms. The molecule has 0 bridgehead atoms. The first-order valence-electron chi connectivity index (χ1n) is 10.4. The standard InChI is InChI=1S/C24H29N3Si/c1-4-28(5-2,6-3)23-18-17-22-24(25-23)27(21-15-11-8-12-16-21)19-26(22)20-13-9-7-10-14-20/h7-18H,4-6,19H2,1-3H3. The van der Waals surface area contributed by atoms with Crippen molar-refractivity contribution in [2.45, 2.75) is 38.9 Å². The predicted molar refractivity (Wildman–Crippen MR) is 123 cm³/mol. The smallest absolute Gasteiger partial charge is 0.158 e. The molecular formula is C24H29N3Si. The van der Waals surface area contributed by atoms with E-state index in [-0.39, 0.29) is 0 Å². The molecule has 1 aliphatic rings. The molecular weight excluding hydrogens is 358 g/mol. The van der Waals surface area contributed by atoms with Crippen LogP contribution in [0, 0.1) is 0 Å². The molecule has 3 nitrogen and oxygen atoms in total. The van der Waals surface area contributed by atoms with Crippen LogP contribution in [0.5, 0.6) is 0 Å². The maximum Gasteiger partial charge on any atom is 0.158 e. The van der Waals surface area contributed by atoms with Crippen LogP contribution >= 0.6 is 0 Å². The van der Waals surface area contributed by atoms with Crippen molar-refractivity contribution in [3.8, 4) is 0 Å². The number of benzene rings is 2. The highest BCUT2D eigenvalue weighted by atomic mass is 28.3. The Hall–Kier alpha value is -2.59. The Kier molecular flexibility index (Phi) is 5.22. The SMILES string of the molecule is CC[Si](CC)(CC)c1ccc2c(n1)N(c1ccccc1)CN2c1ccccc1. The van der Waals surface area contributed by atoms with Crippen LogP contribution in [0.25, 0.3) is 0 Å². The van der Waals surface area contributed by atoms with Crippen molar-refractivity contribution in [2.24, 2.45) is 0 Å². The number of rotatable bonds is 6. The van der Waals surface area contributed by atoms with Crippen LogP contribution < -0.4 is 15.1 Å². The summed E-state index contributed by atoms with van der Waals surface area (Å²) in [7, 11) is -1.52. The summed E-state index contributed by atoms with van der Waals surface area (Å²) in [6.07, 6.45) is 0. The van der Waals surface area contributed by atoms with Crippen molar-refractivity contribution in [1.82, 2.24) is 4.98 Å². The van der Waals surface area contributed by atoms with Crippen LogP contribution in [0.3, 0.4) is 0 Å². The lowest BCUT2D eigenvalue weighted by Crippen LogP contribution is -2.47. The molecule has 28 heavy (non-hydrogen) atoms. The molecule has 0 fully saturated rings. The third kappa shape index (κ3) is 3.12. The largest absolute Gasteiger partial charge is 0.320 e. The lowest BCUT2D eigenvalue weighted by atomic mass is 10.2. The molecule has 2 aromatic carbocycles. The quantitative estimate of drug-likeness (QED) is 0.480. The Morgan fingerprint density at radius 3 is 1.79 bits per heavy atom. The Balaban J connectivity index is 1.85. The Morgan fingerprint density at radius 2 is 1.25 bits per heavy atom. The number of hydrogen-bond donors (Lipinski definition) is 0.